The summed E-state index contributed by atoms with van der Waals surface area (Å²) in [6.07, 6.45) is -5.89. The Labute approximate surface area is 238 Å². The molecular formula is C26H34N6O3S. The predicted octanol–water partition coefficient (Wildman–Crippen LogP) is 4.52. The quantitative estimate of drug-likeness (QED) is 0.353. The van der Waals surface area contributed by atoms with Crippen LogP contribution in [0.2, 0.25) is 0 Å². The van der Waals surface area contributed by atoms with Crippen molar-refractivity contribution in [2.45, 2.75) is 43.8 Å². The van der Waals surface area contributed by atoms with Gasteiger partial charge in [0.15, 0.2) is 0 Å². The molecule has 2 heterocycles. The molecule has 3 N–H and O–H groups in total. The van der Waals surface area contributed by atoms with E-state index in [0.717, 1.165) is 31.2 Å². The van der Waals surface area contributed by atoms with Crippen LogP contribution in [0.15, 0.2) is 65.7 Å². The number of nitrogens with one attached hydrogen (secondary N) is 3. The monoisotopic (exact) mass is 528 g/mol. The molecule has 0 unspecified atom stereocenters. The van der Waals surface area contributed by atoms with Crippen molar-refractivity contribution < 1.29 is 37.8 Å². The third-order valence-electron chi connectivity index (χ3n) is 4.25. The number of hydrogen-bond acceptors (Lipinski definition) is 8. The molecule has 0 atom stereocenters. The van der Waals surface area contributed by atoms with Crippen molar-refractivity contribution >= 4 is 33.2 Å². The first-order valence-electron chi connectivity index (χ1n) is 19.3. The van der Waals surface area contributed by atoms with Crippen molar-refractivity contribution in [3.63, 3.8) is 0 Å². The van der Waals surface area contributed by atoms with Gasteiger partial charge in [0.2, 0.25) is 16.0 Å². The van der Waals surface area contributed by atoms with Crippen LogP contribution in [0.4, 0.5) is 23.1 Å². The van der Waals surface area contributed by atoms with E-state index in [1.54, 1.807) is 0 Å². The molecule has 4 rings (SSSR count). The number of sulfonamides is 1. The molecule has 1 aromatic heterocycles. The van der Waals surface area contributed by atoms with Crippen molar-refractivity contribution in [1.29, 1.82) is 0 Å². The molecule has 1 fully saturated rings. The molecule has 0 amide bonds. The molecule has 9 nitrogen and oxygen atoms in total. The molecule has 1 aliphatic heterocycles. The zero-order valence-corrected chi connectivity index (χ0v) is 19.6. The van der Waals surface area contributed by atoms with E-state index in [1.165, 1.54) is 36.5 Å². The van der Waals surface area contributed by atoms with Gasteiger partial charge in [-0.25, -0.2) is 18.1 Å². The SMILES string of the molecule is [2H]C([2H])([2H])C(C)(NS(=O)(=O)c1cccc(Nc2ccnc(Nc3ccc(OC([2H])([2H])C([2H])([2H])N4C([2H])([2H])C([2H])([2H])C([2H])([2H])C4([2H])[2H])cc3)n2)c1)C([2H])([2H])[2H]. The standard InChI is InChI=1S/C26H34N6O3S/c1-26(2,3)31-36(33,34)23-8-6-7-21(19-23)28-24-13-14-27-25(30-24)29-20-9-11-22(12-10-20)35-18-17-32-15-4-5-16-32/h6-14,19,31H,4-5,15-18H2,1-3H3,(H2,27,28,29,30)/i1D3,2D3,4D2,5D2,15D2,16D2,17D2,18D2. The van der Waals surface area contributed by atoms with E-state index < -0.39 is 77.9 Å². The van der Waals surface area contributed by atoms with E-state index in [0.29, 0.717) is 0 Å². The fourth-order valence-corrected chi connectivity index (χ4v) is 4.01. The number of hydrogen-bond donors (Lipinski definition) is 3. The lowest BCUT2D eigenvalue weighted by Crippen LogP contribution is -2.40. The molecule has 0 spiro atoms. The van der Waals surface area contributed by atoms with Gasteiger partial charge in [-0.1, -0.05) is 6.07 Å². The molecule has 0 saturated carbocycles. The summed E-state index contributed by atoms with van der Waals surface area (Å²) < 4.78 is 176. The van der Waals surface area contributed by atoms with Crippen LogP contribution in [0.5, 0.6) is 5.75 Å². The van der Waals surface area contributed by atoms with Gasteiger partial charge in [-0.15, -0.1) is 0 Å². The van der Waals surface area contributed by atoms with Gasteiger partial charge in [0.1, 0.15) is 18.1 Å². The Morgan fingerprint density at radius 1 is 1.11 bits per heavy atom. The first-order chi connectivity index (χ1) is 24.2. The normalized spacial score (nSPS) is 29.0. The summed E-state index contributed by atoms with van der Waals surface area (Å²) in [5, 5.41) is 5.69. The largest absolute Gasteiger partial charge is 0.492 e. The molecule has 1 aliphatic rings. The maximum absolute atomic E-state index is 13.1. The average molecular weight is 529 g/mol. The number of nitrogens with zero attached hydrogens (tertiary/aromatic N) is 3. The fraction of sp³-hybridized carbons (Fsp3) is 0.385. The number of benzene rings is 2. The minimum atomic E-state index is -4.67. The zero-order chi connectivity index (χ0) is 41.4. The molecule has 0 radical (unpaired) electrons. The van der Waals surface area contributed by atoms with Gasteiger partial charge in [0, 0.05) is 51.5 Å². The lowest BCUT2D eigenvalue weighted by Gasteiger charge is -2.20. The first kappa shape index (κ1) is 11.5. The van der Waals surface area contributed by atoms with E-state index in [4.69, 9.17) is 29.4 Å². The molecule has 10 heteroatoms. The highest BCUT2D eigenvalue weighted by atomic mass is 32.2. The lowest BCUT2D eigenvalue weighted by atomic mass is 10.1. The summed E-state index contributed by atoms with van der Waals surface area (Å²) in [6.45, 7) is -20.4. The van der Waals surface area contributed by atoms with Crippen molar-refractivity contribution in [2.24, 2.45) is 0 Å². The summed E-state index contributed by atoms with van der Waals surface area (Å²) in [5.74, 6) is -0.214. The van der Waals surface area contributed by atoms with Gasteiger partial charge in [0.25, 0.3) is 0 Å². The highest BCUT2D eigenvalue weighted by Crippen LogP contribution is 2.22. The minimum Gasteiger partial charge on any atom is -0.492 e. The third kappa shape index (κ3) is 7.64. The zero-order valence-electron chi connectivity index (χ0n) is 36.7. The Morgan fingerprint density at radius 3 is 2.64 bits per heavy atom. The van der Waals surface area contributed by atoms with Crippen LogP contribution < -0.4 is 20.1 Å². The molecule has 0 aliphatic carbocycles. The van der Waals surface area contributed by atoms with E-state index in [-0.39, 0.29) is 28.9 Å². The number of aromatic nitrogens is 2. The predicted molar refractivity (Wildman–Crippen MR) is 143 cm³/mol. The first-order valence-corrected chi connectivity index (χ1v) is 11.7. The van der Waals surface area contributed by atoms with Crippen LogP contribution in [0.25, 0.3) is 0 Å². The Hall–Kier alpha value is -3.21. The summed E-state index contributed by atoms with van der Waals surface area (Å²) in [5.41, 5.74) is -2.37. The second-order valence-corrected chi connectivity index (χ2v) is 9.11. The summed E-state index contributed by atoms with van der Waals surface area (Å²) in [6, 6.07) is 11.4. The maximum Gasteiger partial charge on any atom is 0.241 e. The highest BCUT2D eigenvalue weighted by molar-refractivity contribution is 7.89. The topological polar surface area (TPSA) is 108 Å². The van der Waals surface area contributed by atoms with Gasteiger partial charge in [-0.3, -0.25) is 4.90 Å². The lowest BCUT2D eigenvalue weighted by molar-refractivity contribution is 0.238. The Bertz CT molecular complexity index is 1930. The fourth-order valence-electron chi connectivity index (χ4n) is 2.82. The van der Waals surface area contributed by atoms with Crippen molar-refractivity contribution in [3.05, 3.63) is 60.8 Å². The molecule has 3 aromatic rings. The maximum atomic E-state index is 13.1. The molecular weight excluding hydrogens is 476 g/mol. The van der Waals surface area contributed by atoms with Crippen LogP contribution in [0.1, 0.15) is 58.0 Å². The molecule has 192 valence electrons. The minimum absolute atomic E-state index is 0.0149. The van der Waals surface area contributed by atoms with Crippen LogP contribution in [-0.2, 0) is 10.0 Å². The number of rotatable bonds is 10. The Morgan fingerprint density at radius 2 is 1.89 bits per heavy atom. The van der Waals surface area contributed by atoms with Crippen LogP contribution >= 0.6 is 0 Å². The van der Waals surface area contributed by atoms with E-state index >= 15 is 0 Å². The van der Waals surface area contributed by atoms with E-state index in [2.05, 4.69) is 20.6 Å². The van der Waals surface area contributed by atoms with Crippen molar-refractivity contribution in [1.82, 2.24) is 19.6 Å². The van der Waals surface area contributed by atoms with Crippen LogP contribution in [-0.4, -0.2) is 54.9 Å². The van der Waals surface area contributed by atoms with Crippen molar-refractivity contribution in [2.75, 3.05) is 36.7 Å². The number of anilines is 4. The molecule has 36 heavy (non-hydrogen) atoms. The van der Waals surface area contributed by atoms with E-state index in [1.807, 2.05) is 4.72 Å². The molecule has 0 bridgehead atoms. The van der Waals surface area contributed by atoms with E-state index in [9.17, 15) is 8.42 Å². The number of ether oxygens (including phenoxy) is 1. The Kier molecular flexibility index (Phi) is 3.57. The van der Waals surface area contributed by atoms with Gasteiger partial charge < -0.3 is 15.4 Å². The second kappa shape index (κ2) is 11.2. The summed E-state index contributed by atoms with van der Waals surface area (Å²) in [7, 11) is -4.67. The summed E-state index contributed by atoms with van der Waals surface area (Å²) >= 11 is 0. The van der Waals surface area contributed by atoms with Crippen LogP contribution in [0, 0.1) is 0 Å². The summed E-state index contributed by atoms with van der Waals surface area (Å²) in [4.78, 5) is 7.42. The number of likely N-dealkylation sites (tertiary alicyclic amines) is 1. The van der Waals surface area contributed by atoms with Crippen molar-refractivity contribution in [3.8, 4) is 5.75 Å². The van der Waals surface area contributed by atoms with Crippen LogP contribution in [0.3, 0.4) is 0 Å². The molecule has 1 saturated heterocycles. The van der Waals surface area contributed by atoms with Gasteiger partial charge in [-0.05, 0) is 94.9 Å². The smallest absolute Gasteiger partial charge is 0.241 e. The molecule has 2 aromatic carbocycles. The third-order valence-corrected chi connectivity index (χ3v) is 5.80. The van der Waals surface area contributed by atoms with Gasteiger partial charge >= 0.3 is 0 Å². The second-order valence-electron chi connectivity index (χ2n) is 7.42. The highest BCUT2D eigenvalue weighted by Gasteiger charge is 2.22. The van der Waals surface area contributed by atoms with Gasteiger partial charge in [0.05, 0.1) is 7.64 Å². The Balaban J connectivity index is 1.49. The average Bonchev–Trinajstić information content (AvgIpc) is 3.07. The van der Waals surface area contributed by atoms with Gasteiger partial charge in [-0.2, -0.15) is 4.98 Å².